The van der Waals surface area contributed by atoms with E-state index in [1.807, 2.05) is 78.9 Å². The quantitative estimate of drug-likeness (QED) is 0.0143. The first-order valence-corrected chi connectivity index (χ1v) is 55.0. The zero-order valence-corrected chi connectivity index (χ0v) is 78.6. The zero-order valence-electron chi connectivity index (χ0n) is 74.5. The lowest BCUT2D eigenvalue weighted by atomic mass is 9.49. The summed E-state index contributed by atoms with van der Waals surface area (Å²) in [5.41, 5.74) is 3.90. The number of hydrogen-bond acceptors (Lipinski definition) is 30. The van der Waals surface area contributed by atoms with E-state index in [0.717, 1.165) is 213 Å². The van der Waals surface area contributed by atoms with E-state index in [0.29, 0.717) is 41.0 Å². The number of nitrogens with one attached hydrogen (secondary N) is 5. The first-order chi connectivity index (χ1) is 62.0. The van der Waals surface area contributed by atoms with Crippen LogP contribution < -0.4 is 26.6 Å². The molecule has 5 aromatic rings. The molecule has 0 aliphatic heterocycles. The number of fused-ring (bicyclic) bond motifs is 4. The average Bonchev–Trinajstić information content (AvgIpc) is 1.27. The molecule has 11 aliphatic carbocycles. The van der Waals surface area contributed by atoms with Crippen LogP contribution in [-0.2, 0) is 88.7 Å². The molecule has 30 nitrogen and oxygen atoms in total. The van der Waals surface area contributed by atoms with Gasteiger partial charge in [-0.2, -0.15) is 0 Å². The Labute approximate surface area is 768 Å². The van der Waals surface area contributed by atoms with Crippen molar-refractivity contribution in [1.29, 1.82) is 0 Å². The highest BCUT2D eigenvalue weighted by molar-refractivity contribution is 7.86. The highest BCUT2D eigenvalue weighted by Gasteiger charge is 2.56. The van der Waals surface area contributed by atoms with Gasteiger partial charge in [0.25, 0.3) is 0 Å². The number of ether oxygens (including phenoxy) is 5. The van der Waals surface area contributed by atoms with Crippen molar-refractivity contribution in [2.45, 2.75) is 298 Å². The molecule has 5 atom stereocenters. The number of esters is 5. The minimum absolute atomic E-state index is 0.143. The van der Waals surface area contributed by atoms with Crippen molar-refractivity contribution in [1.82, 2.24) is 26.6 Å². The lowest BCUT2D eigenvalue weighted by Crippen LogP contribution is -2.52. The van der Waals surface area contributed by atoms with Gasteiger partial charge in [0.15, 0.2) is 0 Å². The molecular formula is C95H132N5O25S5-5. The van der Waals surface area contributed by atoms with Crippen LogP contribution in [0.4, 0.5) is 0 Å². The lowest BCUT2D eigenvalue weighted by Gasteiger charge is -2.55. The van der Waals surface area contributed by atoms with E-state index in [1.165, 1.54) is 51.4 Å². The van der Waals surface area contributed by atoms with Crippen molar-refractivity contribution >= 4 is 91.2 Å². The number of carbonyl (C=O) groups excluding carboxylic acids is 5. The molecule has 11 aliphatic rings. The number of benzene rings is 5. The normalized spacial score (nSPS) is 22.5. The molecule has 130 heavy (non-hydrogen) atoms. The maximum absolute atomic E-state index is 13.2. The van der Waals surface area contributed by atoms with Crippen LogP contribution in [0.25, 0.3) is 21.9 Å². The Morgan fingerprint density at radius 3 is 0.992 bits per heavy atom. The third kappa shape index (κ3) is 35.1. The fraction of sp³-hybridized carbons (Fsp3) is 0.653. The molecule has 0 heterocycles. The SMILES string of the molecule is O=C(OC(CNC1CCCCC1)CS(=O)(=O)[O-])C12CC3CC(CC(C3)C1)C2.O=C(OC(CNC1CCCCC1)CS(=O)(=O)[O-])C1CCCCC1.O=C(OC(CNC1CCCCC1)CS(=O)(=O)[O-])C1c2ccccc2-c2ccccc21.O=C(OC(CNC1CCCCC1)CS(=O)(=O)[O-])c1cccc2ccccc12.O=C(OC(CNC1CCCCC1)CS(=O)(=O)[O-])c1ccccc1. The molecule has 35 heteroatoms. The highest BCUT2D eigenvalue weighted by atomic mass is 32.2. The van der Waals surface area contributed by atoms with Gasteiger partial charge in [0, 0.05) is 62.9 Å². The van der Waals surface area contributed by atoms with Crippen LogP contribution in [0.3, 0.4) is 0 Å². The van der Waals surface area contributed by atoms with E-state index in [2.05, 4.69) is 26.6 Å². The summed E-state index contributed by atoms with van der Waals surface area (Å²) in [7, 11) is -22.4. The van der Waals surface area contributed by atoms with Gasteiger partial charge in [-0.3, -0.25) is 14.4 Å². The number of hydrogen-bond donors (Lipinski definition) is 5. The molecule has 722 valence electrons. The maximum atomic E-state index is 13.2. The molecule has 16 rings (SSSR count). The van der Waals surface area contributed by atoms with Gasteiger partial charge in [0.1, 0.15) is 36.4 Å². The van der Waals surface area contributed by atoms with Gasteiger partial charge >= 0.3 is 29.8 Å². The second-order valence-electron chi connectivity index (χ2n) is 37.6. The average molecular weight is 1900 g/mol. The van der Waals surface area contributed by atoms with Crippen molar-refractivity contribution in [3.8, 4) is 11.1 Å². The second-order valence-corrected chi connectivity index (χ2v) is 44.8. The second kappa shape index (κ2) is 50.0. The Morgan fingerprint density at radius 2 is 0.623 bits per heavy atom. The Hall–Kier alpha value is -6.94. The van der Waals surface area contributed by atoms with E-state index in [9.17, 15) is 88.8 Å². The number of rotatable bonds is 35. The van der Waals surface area contributed by atoms with Gasteiger partial charge in [0.2, 0.25) is 0 Å². The van der Waals surface area contributed by atoms with Gasteiger partial charge in [-0.1, -0.05) is 219 Å². The molecule has 10 fully saturated rings. The summed E-state index contributed by atoms with van der Waals surface area (Å²) in [6, 6.07) is 37.7. The summed E-state index contributed by atoms with van der Waals surface area (Å²) in [5, 5.41) is 18.0. The summed E-state index contributed by atoms with van der Waals surface area (Å²) < 4.78 is 196. The third-order valence-electron chi connectivity index (χ3n) is 27.0. The van der Waals surface area contributed by atoms with Gasteiger partial charge in [-0.05, 0) is 185 Å². The molecule has 0 radical (unpaired) electrons. The van der Waals surface area contributed by atoms with E-state index in [4.69, 9.17) is 23.7 Å². The van der Waals surface area contributed by atoms with Crippen LogP contribution in [-0.4, -0.2) is 217 Å². The summed E-state index contributed by atoms with van der Waals surface area (Å²) >= 11 is 0. The maximum Gasteiger partial charge on any atom is 0.339 e. The van der Waals surface area contributed by atoms with E-state index < -0.39 is 139 Å². The Bertz CT molecular complexity index is 4970. The summed E-state index contributed by atoms with van der Waals surface area (Å²) in [6.07, 6.45) is 34.0. The standard InChI is InChI=1S/C23H27NO5S.C20H33NO5S.C20H25NO5S.C16H29NO5S.C16H23NO5S/c25-23(22-20-12-6-4-10-18(20)19-11-5-7-13-21(19)22)29-17(15-30(26,27)28)14-24-16-8-2-1-3-9-16;22-19(20-9-14-6-15(10-20)8-16(7-14)11-20)26-18(13-27(23,24)25)12-21-17-4-2-1-3-5-17;22-20(19-12-6-8-15-7-4-5-11-18(15)19)26-17(14-27(23,24)25)13-21-16-9-2-1-3-10-16;2*18-16(13-7-3-1-4-8-13)22-15(12-23(19,20)21)11-17-14-9-5-2-6-10-14/h4-7,10-13,16-17,22,24H,1-3,8-9,14-15H2,(H,26,27,28);14-18,21H,1-13H2,(H,23,24,25);4-8,11-12,16-17,21H,1-3,9-10,13-14H2,(H,23,24,25);13-15,17H,1-12H2,(H,19,20,21);1,3-4,7-8,14-15,17H,2,5-6,9-12H2,(H,19,20,21)/p-5. The van der Waals surface area contributed by atoms with E-state index in [-0.39, 0.29) is 68.7 Å². The van der Waals surface area contributed by atoms with E-state index in [1.54, 1.807) is 42.5 Å². The smallest absolute Gasteiger partial charge is 0.339 e. The molecule has 0 spiro atoms. The minimum atomic E-state index is -4.53. The van der Waals surface area contributed by atoms with Gasteiger partial charge in [-0.25, -0.2) is 51.7 Å². The topological polar surface area (TPSA) is 478 Å². The van der Waals surface area contributed by atoms with Crippen LogP contribution in [0.1, 0.15) is 269 Å². The molecule has 4 bridgehead atoms. The lowest BCUT2D eigenvalue weighted by molar-refractivity contribution is -0.176. The van der Waals surface area contributed by atoms with Crippen LogP contribution >= 0.6 is 0 Å². The first-order valence-electron chi connectivity index (χ1n) is 47.1. The van der Waals surface area contributed by atoms with Crippen LogP contribution in [0.5, 0.6) is 0 Å². The summed E-state index contributed by atoms with van der Waals surface area (Å²) in [5.74, 6) is -4.73. The van der Waals surface area contributed by atoms with Crippen LogP contribution in [0.15, 0.2) is 121 Å². The summed E-state index contributed by atoms with van der Waals surface area (Å²) in [6.45, 7) is 0.982. The first kappa shape index (κ1) is 104. The van der Waals surface area contributed by atoms with Crippen molar-refractivity contribution in [2.75, 3.05) is 61.5 Å². The zero-order chi connectivity index (χ0) is 92.9. The predicted octanol–water partition coefficient (Wildman–Crippen LogP) is 12.2. The fourth-order valence-electron chi connectivity index (χ4n) is 21.1. The molecule has 0 aromatic heterocycles. The van der Waals surface area contributed by atoms with E-state index >= 15 is 0 Å². The highest BCUT2D eigenvalue weighted by Crippen LogP contribution is 2.60. The van der Waals surface area contributed by atoms with Crippen molar-refractivity contribution < 1.29 is 113 Å². The molecule has 10 saturated carbocycles. The Kier molecular flexibility index (Phi) is 39.9. The molecule has 5 unspecified atom stereocenters. The summed E-state index contributed by atoms with van der Waals surface area (Å²) in [4.78, 5) is 63.2. The van der Waals surface area contributed by atoms with Crippen molar-refractivity contribution in [2.24, 2.45) is 29.1 Å². The van der Waals surface area contributed by atoms with Gasteiger partial charge < -0.3 is 73.0 Å². The molecule has 5 aromatic carbocycles. The molecular weight excluding hydrogens is 1770 g/mol. The van der Waals surface area contributed by atoms with Crippen molar-refractivity contribution in [3.63, 3.8) is 0 Å². The van der Waals surface area contributed by atoms with Crippen LogP contribution in [0, 0.1) is 29.1 Å². The Morgan fingerprint density at radius 1 is 0.323 bits per heavy atom. The monoisotopic (exact) mass is 1900 g/mol. The predicted molar refractivity (Wildman–Crippen MR) is 487 cm³/mol. The van der Waals surface area contributed by atoms with Gasteiger partial charge in [0.05, 0.1) is 102 Å². The molecule has 5 N–H and O–H groups in total. The van der Waals surface area contributed by atoms with Gasteiger partial charge in [-0.15, -0.1) is 0 Å². The largest absolute Gasteiger partial charge is 0.748 e. The number of carbonyl (C=O) groups is 5. The third-order valence-corrected chi connectivity index (χ3v) is 30.9. The Balaban J connectivity index is 0.000000158. The van der Waals surface area contributed by atoms with Crippen molar-refractivity contribution in [3.05, 3.63) is 144 Å². The fourth-order valence-corrected chi connectivity index (χ4v) is 24.3. The molecule has 0 amide bonds. The molecule has 0 saturated heterocycles. The minimum Gasteiger partial charge on any atom is -0.748 e. The van der Waals surface area contributed by atoms with Crippen LogP contribution in [0.2, 0.25) is 0 Å².